The van der Waals surface area contributed by atoms with Crippen LogP contribution in [0.5, 0.6) is 0 Å². The van der Waals surface area contributed by atoms with E-state index in [1.54, 1.807) is 45.2 Å². The normalized spacial score (nSPS) is 12.7. The minimum atomic E-state index is -3.18. The topological polar surface area (TPSA) is 76.4 Å². The summed E-state index contributed by atoms with van der Waals surface area (Å²) in [5.74, 6) is -0.916. The molecule has 1 N–H and O–H groups in total. The van der Waals surface area contributed by atoms with E-state index in [1.165, 1.54) is 6.07 Å². The van der Waals surface area contributed by atoms with Gasteiger partial charge in [-0.15, -0.1) is 0 Å². The molecule has 0 atom stereocenters. The molecule has 0 aliphatic heterocycles. The van der Waals surface area contributed by atoms with E-state index in [1.807, 2.05) is 4.57 Å². The number of hydrogen-bond acceptors (Lipinski definition) is 3. The second-order valence-electron chi connectivity index (χ2n) is 6.02. The van der Waals surface area contributed by atoms with E-state index in [4.69, 9.17) is 5.11 Å². The van der Waals surface area contributed by atoms with Crippen LogP contribution in [0.4, 0.5) is 0 Å². The van der Waals surface area contributed by atoms with Crippen LogP contribution in [0.2, 0.25) is 0 Å². The predicted octanol–water partition coefficient (Wildman–Crippen LogP) is 2.55. The molecule has 0 saturated heterocycles. The summed E-state index contributed by atoms with van der Waals surface area (Å²) >= 11 is 0. The first-order chi connectivity index (χ1) is 9.62. The van der Waals surface area contributed by atoms with Gasteiger partial charge in [-0.1, -0.05) is 0 Å². The zero-order valence-corrected chi connectivity index (χ0v) is 13.1. The number of benzene rings is 1. The van der Waals surface area contributed by atoms with Gasteiger partial charge in [0.1, 0.15) is 0 Å². The summed E-state index contributed by atoms with van der Waals surface area (Å²) in [5.41, 5.74) is 1.06. The van der Waals surface area contributed by atoms with E-state index in [2.05, 4.69) is 0 Å². The number of aryl methyl sites for hydroxylation is 1. The summed E-state index contributed by atoms with van der Waals surface area (Å²) in [6.07, 6.45) is 1.79. The SMILES string of the molecule is CC(C)(C)S(=O)(=O)CCn1ccc2cc(C(=O)O)ccc21. The smallest absolute Gasteiger partial charge is 0.335 e. The van der Waals surface area contributed by atoms with Gasteiger partial charge in [0.25, 0.3) is 0 Å². The molecule has 1 heterocycles. The molecule has 6 heteroatoms. The van der Waals surface area contributed by atoms with E-state index in [0.29, 0.717) is 6.54 Å². The van der Waals surface area contributed by atoms with Gasteiger partial charge in [-0.25, -0.2) is 13.2 Å². The van der Waals surface area contributed by atoms with Gasteiger partial charge >= 0.3 is 5.97 Å². The minimum absolute atomic E-state index is 0.0565. The molecule has 0 saturated carbocycles. The zero-order valence-electron chi connectivity index (χ0n) is 12.3. The van der Waals surface area contributed by atoms with E-state index < -0.39 is 20.6 Å². The maximum absolute atomic E-state index is 12.1. The van der Waals surface area contributed by atoms with Crippen LogP contribution >= 0.6 is 0 Å². The van der Waals surface area contributed by atoms with E-state index in [0.717, 1.165) is 10.9 Å². The number of carboxylic acids is 1. The maximum Gasteiger partial charge on any atom is 0.335 e. The fourth-order valence-electron chi connectivity index (χ4n) is 2.05. The molecule has 21 heavy (non-hydrogen) atoms. The third-order valence-electron chi connectivity index (χ3n) is 3.55. The number of hydrogen-bond donors (Lipinski definition) is 1. The van der Waals surface area contributed by atoms with Gasteiger partial charge < -0.3 is 9.67 Å². The average molecular weight is 309 g/mol. The van der Waals surface area contributed by atoms with Crippen molar-refractivity contribution in [3.63, 3.8) is 0 Å². The van der Waals surface area contributed by atoms with Crippen LogP contribution in [0.25, 0.3) is 10.9 Å². The van der Waals surface area contributed by atoms with Crippen molar-refractivity contribution in [3.05, 3.63) is 36.0 Å². The standard InChI is InChI=1S/C15H19NO4S/c1-15(2,3)21(19,20)9-8-16-7-6-11-10-12(14(17)18)4-5-13(11)16/h4-7,10H,8-9H2,1-3H3,(H,17,18). The number of carbonyl (C=O) groups is 1. The number of fused-ring (bicyclic) bond motifs is 1. The molecule has 0 radical (unpaired) electrons. The largest absolute Gasteiger partial charge is 0.478 e. The molecule has 2 rings (SSSR count). The molecular formula is C15H19NO4S. The van der Waals surface area contributed by atoms with Gasteiger partial charge in [0, 0.05) is 23.6 Å². The minimum Gasteiger partial charge on any atom is -0.478 e. The average Bonchev–Trinajstić information content (AvgIpc) is 2.77. The van der Waals surface area contributed by atoms with Crippen molar-refractivity contribution in [2.24, 2.45) is 0 Å². The summed E-state index contributed by atoms with van der Waals surface area (Å²) in [4.78, 5) is 10.9. The number of sulfone groups is 1. The summed E-state index contributed by atoms with van der Waals surface area (Å²) in [6, 6.07) is 6.62. The summed E-state index contributed by atoms with van der Waals surface area (Å²) in [5, 5.41) is 9.76. The predicted molar refractivity (Wildman–Crippen MR) is 82.4 cm³/mol. The number of nitrogens with zero attached hydrogens (tertiary/aromatic N) is 1. The van der Waals surface area contributed by atoms with Gasteiger partial charge in [-0.05, 0) is 45.0 Å². The quantitative estimate of drug-likeness (QED) is 0.941. The Balaban J connectivity index is 2.27. The molecule has 1 aromatic heterocycles. The van der Waals surface area contributed by atoms with Crippen LogP contribution in [0.15, 0.2) is 30.5 Å². The molecule has 0 spiro atoms. The maximum atomic E-state index is 12.1. The zero-order chi connectivity index (χ0) is 15.8. The first-order valence-electron chi connectivity index (χ1n) is 6.66. The Morgan fingerprint density at radius 2 is 1.90 bits per heavy atom. The first-order valence-corrected chi connectivity index (χ1v) is 8.31. The Morgan fingerprint density at radius 3 is 2.48 bits per heavy atom. The molecule has 1 aromatic carbocycles. The molecule has 0 aliphatic rings. The highest BCUT2D eigenvalue weighted by molar-refractivity contribution is 7.92. The molecule has 0 bridgehead atoms. The highest BCUT2D eigenvalue weighted by atomic mass is 32.2. The molecular weight excluding hydrogens is 290 g/mol. The summed E-state index contributed by atoms with van der Waals surface area (Å²) in [6.45, 7) is 5.43. The Morgan fingerprint density at radius 1 is 1.24 bits per heavy atom. The Kier molecular flexibility index (Phi) is 3.84. The third kappa shape index (κ3) is 3.10. The van der Waals surface area contributed by atoms with Gasteiger partial charge in [0.15, 0.2) is 9.84 Å². The highest BCUT2D eigenvalue weighted by Crippen LogP contribution is 2.20. The van der Waals surface area contributed by atoms with Crippen LogP contribution in [0.1, 0.15) is 31.1 Å². The summed E-state index contributed by atoms with van der Waals surface area (Å²) < 4.78 is 25.3. The Labute approximate surface area is 124 Å². The Bertz CT molecular complexity index is 782. The van der Waals surface area contributed by atoms with E-state index >= 15 is 0 Å². The number of aromatic nitrogens is 1. The van der Waals surface area contributed by atoms with Crippen molar-refractivity contribution >= 4 is 26.7 Å². The monoisotopic (exact) mass is 309 g/mol. The van der Waals surface area contributed by atoms with Crippen LogP contribution in [0, 0.1) is 0 Å². The van der Waals surface area contributed by atoms with Gasteiger partial charge in [-0.2, -0.15) is 0 Å². The van der Waals surface area contributed by atoms with Crippen molar-refractivity contribution in [2.75, 3.05) is 5.75 Å². The van der Waals surface area contributed by atoms with Crippen LogP contribution in [0.3, 0.4) is 0 Å². The lowest BCUT2D eigenvalue weighted by Gasteiger charge is -2.19. The van der Waals surface area contributed by atoms with Gasteiger partial charge in [-0.3, -0.25) is 0 Å². The summed E-state index contributed by atoms with van der Waals surface area (Å²) in [7, 11) is -3.18. The van der Waals surface area contributed by atoms with E-state index in [9.17, 15) is 13.2 Å². The second kappa shape index (κ2) is 5.18. The first kappa shape index (κ1) is 15.6. The number of aromatic carboxylic acids is 1. The van der Waals surface area contributed by atoms with Crippen molar-refractivity contribution in [3.8, 4) is 0 Å². The molecule has 0 unspecified atom stereocenters. The van der Waals surface area contributed by atoms with Crippen molar-refractivity contribution in [1.29, 1.82) is 0 Å². The van der Waals surface area contributed by atoms with Crippen LogP contribution in [-0.2, 0) is 16.4 Å². The molecule has 0 fully saturated rings. The molecule has 2 aromatic rings. The highest BCUT2D eigenvalue weighted by Gasteiger charge is 2.28. The van der Waals surface area contributed by atoms with Crippen LogP contribution < -0.4 is 0 Å². The number of rotatable bonds is 4. The lowest BCUT2D eigenvalue weighted by Crippen LogP contribution is -2.31. The Hall–Kier alpha value is -1.82. The van der Waals surface area contributed by atoms with E-state index in [-0.39, 0.29) is 11.3 Å². The van der Waals surface area contributed by atoms with Crippen molar-refractivity contribution in [2.45, 2.75) is 32.1 Å². The molecule has 5 nitrogen and oxygen atoms in total. The molecule has 0 aliphatic carbocycles. The van der Waals surface area contributed by atoms with Gasteiger partial charge in [0.05, 0.1) is 16.1 Å². The third-order valence-corrected chi connectivity index (χ3v) is 6.14. The second-order valence-corrected chi connectivity index (χ2v) is 8.88. The molecule has 114 valence electrons. The van der Waals surface area contributed by atoms with Crippen LogP contribution in [-0.4, -0.2) is 34.6 Å². The van der Waals surface area contributed by atoms with Gasteiger partial charge in [0.2, 0.25) is 0 Å². The number of carboxylic acid groups (broad SMARTS) is 1. The lowest BCUT2D eigenvalue weighted by molar-refractivity contribution is 0.0697. The fourth-order valence-corrected chi connectivity index (χ4v) is 3.10. The lowest BCUT2D eigenvalue weighted by atomic mass is 10.1. The van der Waals surface area contributed by atoms with Crippen molar-refractivity contribution < 1.29 is 18.3 Å². The van der Waals surface area contributed by atoms with Crippen molar-refractivity contribution in [1.82, 2.24) is 4.57 Å². The molecule has 0 amide bonds. The fraction of sp³-hybridized carbons (Fsp3) is 0.400.